The summed E-state index contributed by atoms with van der Waals surface area (Å²) in [6, 6.07) is 3.32. The first-order chi connectivity index (χ1) is 12.0. The molecule has 1 atom stereocenters. The van der Waals surface area contributed by atoms with Gasteiger partial charge in [0, 0.05) is 18.7 Å². The summed E-state index contributed by atoms with van der Waals surface area (Å²) in [5.41, 5.74) is 0.442. The highest BCUT2D eigenvalue weighted by molar-refractivity contribution is 5.96. The molecule has 0 spiro atoms. The monoisotopic (exact) mass is 343 g/mol. The van der Waals surface area contributed by atoms with Gasteiger partial charge in [0.05, 0.1) is 12.1 Å². The molecule has 0 aliphatic carbocycles. The summed E-state index contributed by atoms with van der Waals surface area (Å²) in [7, 11) is 0. The van der Waals surface area contributed by atoms with Crippen LogP contribution < -0.4 is 10.1 Å². The number of hydrogen-bond acceptors (Lipinski definition) is 5. The van der Waals surface area contributed by atoms with E-state index in [1.807, 2.05) is 18.5 Å². The van der Waals surface area contributed by atoms with Crippen molar-refractivity contribution in [3.63, 3.8) is 0 Å². The Balaban J connectivity index is 1.81. The van der Waals surface area contributed by atoms with Crippen LogP contribution in [0, 0.1) is 0 Å². The zero-order valence-electron chi connectivity index (χ0n) is 15.2. The van der Waals surface area contributed by atoms with Gasteiger partial charge >= 0.3 is 0 Å². The van der Waals surface area contributed by atoms with Crippen LogP contribution in [0.3, 0.4) is 0 Å². The number of ether oxygens (including phenoxy) is 1. The Morgan fingerprint density at radius 3 is 2.88 bits per heavy atom. The molecule has 0 fully saturated rings. The van der Waals surface area contributed by atoms with Crippen molar-refractivity contribution < 1.29 is 9.53 Å². The normalized spacial score (nSPS) is 16.8. The first-order valence-electron chi connectivity index (χ1n) is 8.83. The van der Waals surface area contributed by atoms with Gasteiger partial charge < -0.3 is 10.1 Å². The van der Waals surface area contributed by atoms with Crippen LogP contribution in [0.25, 0.3) is 0 Å². The van der Waals surface area contributed by atoms with Gasteiger partial charge in [0.25, 0.3) is 5.91 Å². The number of carbonyl (C=O) groups is 1. The van der Waals surface area contributed by atoms with Gasteiger partial charge in [-0.2, -0.15) is 5.10 Å². The van der Waals surface area contributed by atoms with Crippen molar-refractivity contribution in [3.05, 3.63) is 35.5 Å². The molecule has 134 valence electrons. The second kappa shape index (κ2) is 7.21. The first-order valence-corrected chi connectivity index (χ1v) is 8.83. The summed E-state index contributed by atoms with van der Waals surface area (Å²) in [5.74, 6) is 2.07. The van der Waals surface area contributed by atoms with Crippen molar-refractivity contribution in [2.24, 2.45) is 0 Å². The van der Waals surface area contributed by atoms with Gasteiger partial charge in [-0.05, 0) is 38.8 Å². The Morgan fingerprint density at radius 1 is 1.36 bits per heavy atom. The van der Waals surface area contributed by atoms with Crippen molar-refractivity contribution in [1.82, 2.24) is 25.1 Å². The summed E-state index contributed by atoms with van der Waals surface area (Å²) in [4.78, 5) is 21.6. The Hall–Kier alpha value is -2.44. The summed E-state index contributed by atoms with van der Waals surface area (Å²) < 4.78 is 7.57. The first kappa shape index (κ1) is 17.4. The van der Waals surface area contributed by atoms with Crippen LogP contribution in [0.1, 0.15) is 74.5 Å². The van der Waals surface area contributed by atoms with Crippen LogP contribution in [0.5, 0.6) is 5.88 Å². The Labute approximate surface area is 147 Å². The van der Waals surface area contributed by atoms with E-state index >= 15 is 0 Å². The lowest BCUT2D eigenvalue weighted by atomic mass is 10.1. The third-order valence-electron chi connectivity index (χ3n) is 4.08. The number of rotatable bonds is 5. The summed E-state index contributed by atoms with van der Waals surface area (Å²) in [6.45, 7) is 8.80. The predicted octanol–water partition coefficient (Wildman–Crippen LogP) is 2.85. The molecule has 0 bridgehead atoms. The molecule has 25 heavy (non-hydrogen) atoms. The van der Waals surface area contributed by atoms with Crippen LogP contribution in [0.4, 0.5) is 0 Å². The van der Waals surface area contributed by atoms with Gasteiger partial charge in [-0.1, -0.05) is 13.8 Å². The third-order valence-corrected chi connectivity index (χ3v) is 4.08. The zero-order chi connectivity index (χ0) is 18.0. The molecule has 2 aromatic rings. The highest BCUT2D eigenvalue weighted by Gasteiger charge is 2.27. The number of fused-ring (bicyclic) bond motifs is 1. The number of aromatic nitrogens is 4. The fraction of sp³-hybridized carbons (Fsp3) is 0.556. The maximum Gasteiger partial charge on any atom is 0.257 e. The van der Waals surface area contributed by atoms with Gasteiger partial charge in [0.2, 0.25) is 5.88 Å². The minimum Gasteiger partial charge on any atom is -0.474 e. The van der Waals surface area contributed by atoms with Crippen molar-refractivity contribution in [3.8, 4) is 5.88 Å². The van der Waals surface area contributed by atoms with E-state index in [9.17, 15) is 4.79 Å². The van der Waals surface area contributed by atoms with Crippen LogP contribution in [0.15, 0.2) is 18.3 Å². The maximum atomic E-state index is 12.8. The molecule has 1 unspecified atom stereocenters. The molecule has 1 N–H and O–H groups in total. The highest BCUT2D eigenvalue weighted by atomic mass is 16.5. The molecule has 3 rings (SSSR count). The number of hydrogen-bond donors (Lipinski definition) is 1. The van der Waals surface area contributed by atoms with Gasteiger partial charge in [0.1, 0.15) is 11.4 Å². The molecule has 2 aromatic heterocycles. The second-order valence-electron chi connectivity index (χ2n) is 6.90. The smallest absolute Gasteiger partial charge is 0.257 e. The van der Waals surface area contributed by atoms with Crippen LogP contribution >= 0.6 is 0 Å². The molecule has 1 amide bonds. The highest BCUT2D eigenvalue weighted by Crippen LogP contribution is 2.26. The molecular formula is C18H25N5O2. The molecule has 0 saturated heterocycles. The molecule has 1 aliphatic heterocycles. The number of amides is 1. The Bertz CT molecular complexity index is 754. The number of aryl methyl sites for hydroxylation is 1. The average Bonchev–Trinajstić information content (AvgIpc) is 3.00. The van der Waals surface area contributed by atoms with Crippen LogP contribution in [0.2, 0.25) is 0 Å². The van der Waals surface area contributed by atoms with Gasteiger partial charge in [-0.3, -0.25) is 4.79 Å². The van der Waals surface area contributed by atoms with E-state index in [-0.39, 0.29) is 24.0 Å². The van der Waals surface area contributed by atoms with Gasteiger partial charge in [-0.25, -0.2) is 14.6 Å². The lowest BCUT2D eigenvalue weighted by Crippen LogP contribution is -2.33. The molecule has 3 heterocycles. The number of nitrogens with zero attached hydrogens (tertiary/aromatic N) is 4. The minimum absolute atomic E-state index is 0.0483. The van der Waals surface area contributed by atoms with Crippen molar-refractivity contribution >= 4 is 5.91 Å². The Kier molecular flexibility index (Phi) is 5.01. The molecule has 7 nitrogen and oxygen atoms in total. The lowest BCUT2D eigenvalue weighted by Gasteiger charge is -2.23. The molecular weight excluding hydrogens is 318 g/mol. The fourth-order valence-electron chi connectivity index (χ4n) is 2.87. The molecule has 1 aliphatic rings. The molecule has 7 heteroatoms. The largest absolute Gasteiger partial charge is 0.474 e. The fourth-order valence-corrected chi connectivity index (χ4v) is 2.87. The SMILES string of the molecule is CC(C)Oc1ncccc1C(=O)NC1CCCn2nc(C(C)C)nc21. The quantitative estimate of drug-likeness (QED) is 0.903. The standard InChI is InChI=1S/C18H25N5O2/c1-11(2)15-21-16-14(8-6-10-23(16)22-15)20-17(24)13-7-5-9-19-18(13)25-12(3)4/h5,7,9,11-12,14H,6,8,10H2,1-4H3,(H,20,24). The van der Waals surface area contributed by atoms with Gasteiger partial charge in [-0.15, -0.1) is 0 Å². The van der Waals surface area contributed by atoms with Crippen molar-refractivity contribution in [1.29, 1.82) is 0 Å². The zero-order valence-corrected chi connectivity index (χ0v) is 15.2. The van der Waals surface area contributed by atoms with Gasteiger partial charge in [0.15, 0.2) is 5.82 Å². The van der Waals surface area contributed by atoms with E-state index in [1.54, 1.807) is 18.3 Å². The average molecular weight is 343 g/mol. The number of nitrogens with one attached hydrogen (secondary N) is 1. The summed E-state index contributed by atoms with van der Waals surface area (Å²) in [5, 5.41) is 7.63. The maximum absolute atomic E-state index is 12.8. The van der Waals surface area contributed by atoms with E-state index in [0.717, 1.165) is 31.0 Å². The van der Waals surface area contributed by atoms with E-state index in [2.05, 4.69) is 34.2 Å². The molecule has 0 aromatic carbocycles. The lowest BCUT2D eigenvalue weighted by molar-refractivity contribution is 0.0920. The topological polar surface area (TPSA) is 81.9 Å². The molecule has 0 radical (unpaired) electrons. The summed E-state index contributed by atoms with van der Waals surface area (Å²) >= 11 is 0. The van der Waals surface area contributed by atoms with Crippen molar-refractivity contribution in [2.75, 3.05) is 0 Å². The Morgan fingerprint density at radius 2 is 2.16 bits per heavy atom. The van der Waals surface area contributed by atoms with E-state index in [1.165, 1.54) is 0 Å². The predicted molar refractivity (Wildman–Crippen MR) is 93.6 cm³/mol. The number of pyridine rings is 1. The van der Waals surface area contributed by atoms with Crippen molar-refractivity contribution in [2.45, 2.75) is 65.1 Å². The van der Waals surface area contributed by atoms with E-state index in [0.29, 0.717) is 11.4 Å². The third kappa shape index (κ3) is 3.81. The van der Waals surface area contributed by atoms with E-state index < -0.39 is 0 Å². The molecule has 0 saturated carbocycles. The van der Waals surface area contributed by atoms with E-state index in [4.69, 9.17) is 4.74 Å². The minimum atomic E-state index is -0.198. The summed E-state index contributed by atoms with van der Waals surface area (Å²) in [6.07, 6.45) is 3.39. The number of carbonyl (C=O) groups excluding carboxylic acids is 1. The van der Waals surface area contributed by atoms with Crippen LogP contribution in [-0.4, -0.2) is 31.8 Å². The second-order valence-corrected chi connectivity index (χ2v) is 6.90. The van der Waals surface area contributed by atoms with Crippen LogP contribution in [-0.2, 0) is 6.54 Å².